The average molecular weight is 420 g/mol. The van der Waals surface area contributed by atoms with Crippen molar-refractivity contribution < 1.29 is 0 Å². The van der Waals surface area contributed by atoms with Gasteiger partial charge in [-0.2, -0.15) is 0 Å². The minimum Gasteiger partial charge on any atom is -0.276 e. The van der Waals surface area contributed by atoms with Gasteiger partial charge in [0.1, 0.15) is 0 Å². The molecule has 0 aliphatic rings. The maximum atomic E-state index is 2.72. The highest BCUT2D eigenvalue weighted by Crippen LogP contribution is 2.44. The van der Waals surface area contributed by atoms with Crippen molar-refractivity contribution in [1.29, 1.82) is 0 Å². The van der Waals surface area contributed by atoms with E-state index in [4.69, 9.17) is 0 Å². The van der Waals surface area contributed by atoms with Crippen molar-refractivity contribution in [3.8, 4) is 0 Å². The number of benzene rings is 4. The molecule has 4 aromatic rings. The summed E-state index contributed by atoms with van der Waals surface area (Å²) in [6.45, 7) is 7.06. The van der Waals surface area contributed by atoms with Gasteiger partial charge in [-0.15, -0.1) is 0 Å². The average Bonchev–Trinajstić information content (AvgIpc) is 2.86. The maximum absolute atomic E-state index is 2.72. The Balaban J connectivity index is 1.99. The van der Waals surface area contributed by atoms with E-state index in [9.17, 15) is 0 Å². The zero-order valence-corrected chi connectivity index (χ0v) is 19.4. The van der Waals surface area contributed by atoms with Crippen LogP contribution in [-0.2, 0) is 0 Å². The van der Waals surface area contributed by atoms with Crippen LogP contribution in [0, 0.1) is 0 Å². The Bertz CT molecular complexity index is 910. The zero-order valence-electron chi connectivity index (χ0n) is 19.4. The summed E-state index contributed by atoms with van der Waals surface area (Å²) < 4.78 is 0. The van der Waals surface area contributed by atoms with Crippen molar-refractivity contribution in [2.75, 3.05) is 0 Å². The minimum absolute atomic E-state index is 0.0489. The molecule has 0 radical (unpaired) electrons. The highest BCUT2D eigenvalue weighted by molar-refractivity contribution is 5.38. The van der Waals surface area contributed by atoms with Gasteiger partial charge in [-0.05, 0) is 42.5 Å². The van der Waals surface area contributed by atoms with Gasteiger partial charge in [0, 0.05) is 5.54 Å². The summed E-state index contributed by atoms with van der Waals surface area (Å²) in [7, 11) is 0. The first kappa shape index (κ1) is 22.0. The molecule has 162 valence electrons. The molecule has 0 aliphatic heterocycles. The van der Waals surface area contributed by atoms with Crippen molar-refractivity contribution in [3.05, 3.63) is 144 Å². The van der Waals surface area contributed by atoms with E-state index < -0.39 is 0 Å². The van der Waals surface area contributed by atoms with E-state index in [1.165, 1.54) is 22.3 Å². The van der Waals surface area contributed by atoms with Gasteiger partial charge in [0.05, 0.1) is 12.1 Å². The molecule has 4 rings (SSSR count). The van der Waals surface area contributed by atoms with Crippen LogP contribution in [0.4, 0.5) is 0 Å². The summed E-state index contributed by atoms with van der Waals surface area (Å²) in [6.07, 6.45) is 1.04. The van der Waals surface area contributed by atoms with Gasteiger partial charge in [-0.3, -0.25) is 4.90 Å². The lowest BCUT2D eigenvalue weighted by atomic mass is 9.84. The highest BCUT2D eigenvalue weighted by atomic mass is 15.2. The lowest BCUT2D eigenvalue weighted by molar-refractivity contribution is 0.0489. The fourth-order valence-electron chi connectivity index (χ4n) is 4.60. The molecule has 0 heterocycles. The van der Waals surface area contributed by atoms with Crippen LogP contribution in [0.15, 0.2) is 121 Å². The van der Waals surface area contributed by atoms with E-state index >= 15 is 0 Å². The smallest absolute Gasteiger partial charge is 0.0615 e. The Morgan fingerprint density at radius 3 is 0.969 bits per heavy atom. The molecule has 1 heteroatoms. The van der Waals surface area contributed by atoms with Crippen molar-refractivity contribution in [3.63, 3.8) is 0 Å². The molecular weight excluding hydrogens is 386 g/mol. The summed E-state index contributed by atoms with van der Waals surface area (Å²) in [5.74, 6) is 0. The van der Waals surface area contributed by atoms with Gasteiger partial charge in [0.2, 0.25) is 0 Å². The van der Waals surface area contributed by atoms with Crippen LogP contribution in [-0.4, -0.2) is 10.4 Å². The van der Waals surface area contributed by atoms with Crippen molar-refractivity contribution >= 4 is 0 Å². The third-order valence-electron chi connectivity index (χ3n) is 6.58. The number of hydrogen-bond acceptors (Lipinski definition) is 1. The van der Waals surface area contributed by atoms with Gasteiger partial charge in [0.25, 0.3) is 0 Å². The normalized spacial score (nSPS) is 11.9. The van der Waals surface area contributed by atoms with Crippen LogP contribution in [0.5, 0.6) is 0 Å². The molecule has 4 aromatic carbocycles. The summed E-state index contributed by atoms with van der Waals surface area (Å²) in [5.41, 5.74) is 5.22. The van der Waals surface area contributed by atoms with Gasteiger partial charge in [-0.25, -0.2) is 0 Å². The van der Waals surface area contributed by atoms with Crippen LogP contribution in [0.3, 0.4) is 0 Å². The second-order valence-corrected chi connectivity index (χ2v) is 9.02. The van der Waals surface area contributed by atoms with Crippen molar-refractivity contribution in [2.24, 2.45) is 0 Å². The number of rotatable bonds is 8. The molecule has 0 fully saturated rings. The van der Waals surface area contributed by atoms with Crippen molar-refractivity contribution in [2.45, 2.75) is 44.8 Å². The molecule has 0 atom stereocenters. The molecule has 0 aromatic heterocycles. The highest BCUT2D eigenvalue weighted by Gasteiger charge is 2.39. The van der Waals surface area contributed by atoms with Gasteiger partial charge >= 0.3 is 0 Å². The molecule has 32 heavy (non-hydrogen) atoms. The molecule has 0 spiro atoms. The van der Waals surface area contributed by atoms with E-state index in [2.05, 4.69) is 147 Å². The Labute approximate surface area is 193 Å². The second-order valence-electron chi connectivity index (χ2n) is 9.02. The number of nitrogens with zero attached hydrogens (tertiary/aromatic N) is 1. The van der Waals surface area contributed by atoms with Crippen LogP contribution >= 0.6 is 0 Å². The summed E-state index contributed by atoms with van der Waals surface area (Å²) in [6, 6.07) is 44.0. The molecule has 0 aliphatic carbocycles. The molecule has 0 saturated carbocycles. The maximum Gasteiger partial charge on any atom is 0.0615 e. The van der Waals surface area contributed by atoms with Crippen LogP contribution < -0.4 is 0 Å². The second kappa shape index (κ2) is 9.97. The largest absolute Gasteiger partial charge is 0.276 e. The summed E-state index contributed by atoms with van der Waals surface area (Å²) >= 11 is 0. The van der Waals surface area contributed by atoms with Gasteiger partial charge < -0.3 is 0 Å². The molecule has 0 N–H and O–H groups in total. The molecule has 0 saturated heterocycles. The number of hydrogen-bond donors (Lipinski definition) is 0. The Hall–Kier alpha value is -3.16. The minimum atomic E-state index is -0.0489. The van der Waals surface area contributed by atoms with Crippen LogP contribution in [0.1, 0.15) is 61.5 Å². The molecule has 0 amide bonds. The molecule has 0 unspecified atom stereocenters. The predicted molar refractivity (Wildman–Crippen MR) is 136 cm³/mol. The van der Waals surface area contributed by atoms with Crippen LogP contribution in [0.25, 0.3) is 0 Å². The third kappa shape index (κ3) is 4.69. The Kier molecular flexibility index (Phi) is 6.87. The topological polar surface area (TPSA) is 3.24 Å². The Morgan fingerprint density at radius 2 is 0.750 bits per heavy atom. The van der Waals surface area contributed by atoms with Crippen molar-refractivity contribution in [1.82, 2.24) is 4.90 Å². The van der Waals surface area contributed by atoms with E-state index in [0.29, 0.717) is 0 Å². The lowest BCUT2D eigenvalue weighted by Crippen LogP contribution is -2.48. The SMILES string of the molecule is CCC(C)(C)N(C(c1ccccc1)c1ccccc1)C(c1ccccc1)c1ccccc1. The molecule has 0 bridgehead atoms. The molecular formula is C31H33N. The molecule has 1 nitrogen and oxygen atoms in total. The van der Waals surface area contributed by atoms with Gasteiger partial charge in [-0.1, -0.05) is 128 Å². The summed E-state index contributed by atoms with van der Waals surface area (Å²) in [5, 5.41) is 0. The Morgan fingerprint density at radius 1 is 0.500 bits per heavy atom. The van der Waals surface area contributed by atoms with E-state index in [0.717, 1.165) is 6.42 Å². The quantitative estimate of drug-likeness (QED) is 0.279. The van der Waals surface area contributed by atoms with E-state index in [1.54, 1.807) is 0 Å². The van der Waals surface area contributed by atoms with Crippen LogP contribution in [0.2, 0.25) is 0 Å². The third-order valence-corrected chi connectivity index (χ3v) is 6.58. The fraction of sp³-hybridized carbons (Fsp3) is 0.226. The lowest BCUT2D eigenvalue weighted by Gasteiger charge is -2.49. The summed E-state index contributed by atoms with van der Waals surface area (Å²) in [4.78, 5) is 2.72. The predicted octanol–water partition coefficient (Wildman–Crippen LogP) is 8.06. The standard InChI is InChI=1S/C31H33N/c1-4-31(2,3)32(29(25-17-9-5-10-18-25)26-19-11-6-12-20-26)30(27-21-13-7-14-22-27)28-23-15-8-16-24-28/h5-24,29-30H,4H2,1-3H3. The monoisotopic (exact) mass is 419 g/mol. The first-order valence-electron chi connectivity index (χ1n) is 11.6. The fourth-order valence-corrected chi connectivity index (χ4v) is 4.60. The van der Waals surface area contributed by atoms with E-state index in [1.807, 2.05) is 0 Å². The zero-order chi connectivity index (χ0) is 22.4. The van der Waals surface area contributed by atoms with Gasteiger partial charge in [0.15, 0.2) is 0 Å². The first-order chi connectivity index (χ1) is 15.6. The van der Waals surface area contributed by atoms with E-state index in [-0.39, 0.29) is 17.6 Å². The first-order valence-corrected chi connectivity index (χ1v) is 11.6.